The molecule has 0 N–H and O–H groups in total. The summed E-state index contributed by atoms with van der Waals surface area (Å²) >= 11 is 0. The van der Waals surface area contributed by atoms with Gasteiger partial charge in [0.25, 0.3) is 0 Å². The van der Waals surface area contributed by atoms with Gasteiger partial charge in [-0.2, -0.15) is 0 Å². The van der Waals surface area contributed by atoms with Crippen molar-refractivity contribution in [3.05, 3.63) is 312 Å². The molecule has 2 fully saturated rings. The number of hydrogen-bond donors (Lipinski definition) is 0. The predicted octanol–water partition coefficient (Wildman–Crippen LogP) is 27.5. The molecule has 0 bridgehead atoms. The highest BCUT2D eigenvalue weighted by Crippen LogP contribution is 2.49. The molecule has 8 nitrogen and oxygen atoms in total. The Bertz CT molecular complexity index is 7700. The molecule has 2 aliphatic carbocycles. The van der Waals surface area contributed by atoms with Gasteiger partial charge in [-0.3, -0.25) is 0 Å². The van der Waals surface area contributed by atoms with E-state index in [9.17, 15) is 1.37 Å². The van der Waals surface area contributed by atoms with Crippen LogP contribution in [0.15, 0.2) is 285 Å². The van der Waals surface area contributed by atoms with Crippen LogP contribution >= 0.6 is 0 Å². The van der Waals surface area contributed by atoms with Gasteiger partial charge in [-0.1, -0.05) is 223 Å². The van der Waals surface area contributed by atoms with Crippen LogP contribution in [0.2, 0.25) is 0 Å². The largest absolute Gasteiger partial charge is 0.455 e. The van der Waals surface area contributed by atoms with Crippen molar-refractivity contribution in [1.29, 1.82) is 0 Å². The van der Waals surface area contributed by atoms with Crippen LogP contribution in [0.5, 0.6) is 0 Å². The van der Waals surface area contributed by atoms with E-state index in [4.69, 9.17) is 27.3 Å². The summed E-state index contributed by atoms with van der Waals surface area (Å²) in [5, 5.41) is 18.0. The van der Waals surface area contributed by atoms with E-state index in [0.29, 0.717) is 11.1 Å². The van der Waals surface area contributed by atoms with E-state index in [1.54, 1.807) is 13.0 Å². The van der Waals surface area contributed by atoms with Crippen LogP contribution in [0.4, 0.5) is 0 Å². The fraction of sp³-hybridized carbons (Fsp3) is 0.222. The van der Waals surface area contributed by atoms with Crippen molar-refractivity contribution in [2.75, 3.05) is 0 Å². The average Bonchev–Trinajstić information content (AvgIpc) is 1.55. The number of furan rings is 4. The second kappa shape index (κ2) is 30.3. The van der Waals surface area contributed by atoms with Gasteiger partial charge in [-0.05, 0) is 168 Å². The molecule has 116 heavy (non-hydrogen) atoms. The molecule has 0 saturated heterocycles. The number of hydrogen-bond acceptors (Lipinski definition) is 4. The zero-order valence-corrected chi connectivity index (χ0v) is 67.7. The molecular formula is C108H100N4O4+4. The lowest BCUT2D eigenvalue weighted by molar-refractivity contribution is -0.660. The first-order valence-corrected chi connectivity index (χ1v) is 40.9. The molecule has 2 aliphatic rings. The molecule has 2 saturated carbocycles. The van der Waals surface area contributed by atoms with Crippen LogP contribution in [0, 0.1) is 27.7 Å². The molecule has 12 aromatic carbocycles. The number of pyridine rings is 4. The number of fused-ring (bicyclic) bond motifs is 20. The summed E-state index contributed by atoms with van der Waals surface area (Å²) in [5.74, 6) is -2.67. The Balaban J connectivity index is 0.000000108. The normalized spacial score (nSPS) is 15.8. The Morgan fingerprint density at radius 3 is 0.931 bits per heavy atom. The molecule has 0 amide bonds. The summed E-state index contributed by atoms with van der Waals surface area (Å²) in [4.78, 5) is 0. The van der Waals surface area contributed by atoms with E-state index < -0.39 is 30.9 Å². The number of benzene rings is 12. The highest BCUT2D eigenvalue weighted by molar-refractivity contribution is 6.26. The van der Waals surface area contributed by atoms with Gasteiger partial charge in [0.2, 0.25) is 22.8 Å². The van der Waals surface area contributed by atoms with E-state index in [0.717, 1.165) is 211 Å². The number of para-hydroxylation sites is 4. The zero-order chi connectivity index (χ0) is 86.2. The Labute approximate surface area is 689 Å². The third-order valence-corrected chi connectivity index (χ3v) is 25.0. The first-order valence-electron chi connectivity index (χ1n) is 44.9. The van der Waals surface area contributed by atoms with Gasteiger partial charge in [0.1, 0.15) is 72.9 Å². The highest BCUT2D eigenvalue weighted by Gasteiger charge is 2.31. The minimum absolute atomic E-state index is 0.458. The van der Waals surface area contributed by atoms with Gasteiger partial charge in [-0.15, -0.1) is 0 Å². The van der Waals surface area contributed by atoms with E-state index in [2.05, 4.69) is 220 Å². The van der Waals surface area contributed by atoms with Crippen LogP contribution in [0.25, 0.3) is 176 Å². The van der Waals surface area contributed by atoms with Crippen LogP contribution in [0.1, 0.15) is 152 Å². The molecule has 1 unspecified atom stereocenters. The molecule has 0 aliphatic heterocycles. The summed E-state index contributed by atoms with van der Waals surface area (Å²) in [6.45, 7) is 9.29. The van der Waals surface area contributed by atoms with Crippen molar-refractivity contribution >= 4 is 131 Å². The molecule has 22 rings (SSSR count). The molecule has 1 atom stereocenters. The van der Waals surface area contributed by atoms with Gasteiger partial charge < -0.3 is 17.7 Å². The topological polar surface area (TPSA) is 68.1 Å². The maximum absolute atomic E-state index is 9.21. The first-order chi connectivity index (χ1) is 59.6. The van der Waals surface area contributed by atoms with Crippen molar-refractivity contribution in [3.8, 4) is 45.0 Å². The minimum atomic E-state index is -2.44. The van der Waals surface area contributed by atoms with Gasteiger partial charge in [0, 0.05) is 124 Å². The van der Waals surface area contributed by atoms with Crippen molar-refractivity contribution in [2.45, 2.75) is 130 Å². The van der Waals surface area contributed by atoms with Crippen LogP contribution < -0.4 is 18.3 Å². The summed E-state index contributed by atoms with van der Waals surface area (Å²) in [6.07, 6.45) is 16.2. The number of aromatic nitrogens is 4. The van der Waals surface area contributed by atoms with Gasteiger partial charge in [-0.25, -0.2) is 18.3 Å². The van der Waals surface area contributed by atoms with E-state index >= 15 is 0 Å². The summed E-state index contributed by atoms with van der Waals surface area (Å²) in [6, 6.07) is 82.6. The molecular weight excluding hydrogens is 1420 g/mol. The smallest absolute Gasteiger partial charge is 0.213 e. The maximum Gasteiger partial charge on any atom is 0.213 e. The number of aryl methyl sites for hydroxylation is 9. The summed E-state index contributed by atoms with van der Waals surface area (Å²) < 4.78 is 101. The number of rotatable bonds is 8. The SMILES string of the molecule is [2H]C([2H])(C)c1cc[n+](C)c(-c2c(C)c3ccccc3c3oc4ccccc4c23)c1.[2H]C([2H])([2H])C([2H])(C)c1cc[n+](C)c(-c2c(C)c3ccccc3c3oc4ccccc4c23)c1.[2H]C1(c2cc[n+](C)c(-c3c(C)c4ccccc4c4oc5ccccc5c34)c2)CCCC1.[2H]C1(c2cc[n+](C)c(-c3c(C)c4ccccc4c4oc5ccccc5c34)c2)CCCCC1. The Morgan fingerprint density at radius 1 is 0.345 bits per heavy atom. The average molecular weight is 1530 g/mol. The second-order valence-corrected chi connectivity index (χ2v) is 31.9. The quantitative estimate of drug-likeness (QED) is 0.142. The lowest BCUT2D eigenvalue weighted by Gasteiger charge is -2.22. The predicted molar refractivity (Wildman–Crippen MR) is 481 cm³/mol. The third-order valence-electron chi connectivity index (χ3n) is 25.0. The zero-order valence-electron chi connectivity index (χ0n) is 75.7. The number of nitrogens with zero attached hydrogens (tertiary/aromatic N) is 4. The van der Waals surface area contributed by atoms with Gasteiger partial charge >= 0.3 is 0 Å². The fourth-order valence-corrected chi connectivity index (χ4v) is 19.0. The van der Waals surface area contributed by atoms with Crippen molar-refractivity contribution in [3.63, 3.8) is 0 Å². The second-order valence-electron chi connectivity index (χ2n) is 31.9. The fourth-order valence-electron chi connectivity index (χ4n) is 19.0. The minimum Gasteiger partial charge on any atom is -0.455 e. The molecule has 0 spiro atoms. The third kappa shape index (κ3) is 12.7. The van der Waals surface area contributed by atoms with Gasteiger partial charge in [0.15, 0.2) is 24.8 Å². The van der Waals surface area contributed by atoms with E-state index in [1.165, 1.54) is 62.7 Å². The highest BCUT2D eigenvalue weighted by atomic mass is 16.3. The monoisotopic (exact) mass is 1520 g/mol. The van der Waals surface area contributed by atoms with Crippen LogP contribution in [0.3, 0.4) is 0 Å². The molecule has 20 aromatic rings. The molecule has 8 heteroatoms. The van der Waals surface area contributed by atoms with Crippen molar-refractivity contribution in [1.82, 2.24) is 0 Å². The molecule has 572 valence electrons. The van der Waals surface area contributed by atoms with Gasteiger partial charge in [0.05, 0.1) is 22.3 Å². The molecule has 0 radical (unpaired) electrons. The summed E-state index contributed by atoms with van der Waals surface area (Å²) in [7, 11) is 8.16. The first kappa shape index (κ1) is 64.8. The van der Waals surface area contributed by atoms with Crippen molar-refractivity contribution < 1.29 is 46.9 Å². The van der Waals surface area contributed by atoms with E-state index in [1.807, 2.05) is 116 Å². The Morgan fingerprint density at radius 2 is 0.612 bits per heavy atom. The summed E-state index contributed by atoms with van der Waals surface area (Å²) in [5.41, 5.74) is 23.9. The maximum atomic E-state index is 9.21. The standard InChI is InChI=1S/C29H28NO.C28H26NO.C26H24NO.C25H22NO/c1-19-22-12-6-7-13-23(22)29-28(24-14-8-9-15-26(24)31-29)27(19)25-18-21(16-17-30(25)2)20-10-4-3-5-11-20;1-18-21-11-5-6-12-22(21)28-27(23-13-7-8-14-25(23)30-28)26(18)24-17-20(15-16-29(24)2)19-9-3-4-10-19;1-16(2)18-13-14-27(4)22(15-18)24-17(3)19-9-5-6-10-20(19)26-25(24)21-11-7-8-12-23(21)28-26;1-4-17-13-14-26(3)21(15-17)23-16(2)18-9-5-6-10-19(18)25-24(23)20-11-7-8-12-22(20)27-25/h6-9,12-18,20H,3-5,10-11H2,1-2H3;5-8,11-17,19H,3-4,9-10H2,1-2H3;5-16H,1-4H3;5-15H,4H2,1-3H3/q4*+1/i20D;19D;1D3,16D;4D2. The van der Waals surface area contributed by atoms with Crippen LogP contribution in [-0.4, -0.2) is 0 Å². The van der Waals surface area contributed by atoms with Crippen LogP contribution in [-0.2, 0) is 34.6 Å². The van der Waals surface area contributed by atoms with E-state index in [-0.39, 0.29) is 0 Å². The lowest BCUT2D eigenvalue weighted by atomic mass is 9.83. The lowest BCUT2D eigenvalue weighted by Crippen LogP contribution is -2.31. The van der Waals surface area contributed by atoms with Crippen molar-refractivity contribution in [2.24, 2.45) is 28.2 Å². The molecule has 8 aromatic heterocycles. The Kier molecular flexibility index (Phi) is 17.0. The molecule has 8 heterocycles. The Hall–Kier alpha value is -12.5.